The Bertz CT molecular complexity index is 2630. The Morgan fingerprint density at radius 1 is 0.348 bits per heavy atom. The normalized spacial score (nSPS) is 16.1. The zero-order valence-corrected chi connectivity index (χ0v) is 24.9. The van der Waals surface area contributed by atoms with Crippen molar-refractivity contribution in [1.82, 2.24) is 0 Å². The number of rotatable bonds is 1. The van der Waals surface area contributed by atoms with Crippen LogP contribution in [0.25, 0.3) is 66.1 Å². The molecule has 1 nitrogen and oxygen atoms in total. The van der Waals surface area contributed by atoms with Gasteiger partial charge in [-0.2, -0.15) is 0 Å². The van der Waals surface area contributed by atoms with Gasteiger partial charge in [-0.25, -0.2) is 0 Å². The first kappa shape index (κ1) is 24.4. The summed E-state index contributed by atoms with van der Waals surface area (Å²) in [5.41, 5.74) is 15.2. The number of benzene rings is 8. The molecular formula is C45H26O. The zero-order valence-electron chi connectivity index (χ0n) is 24.9. The van der Waals surface area contributed by atoms with E-state index in [-0.39, 0.29) is 5.41 Å². The topological polar surface area (TPSA) is 9.23 Å². The van der Waals surface area contributed by atoms with E-state index in [1.807, 2.05) is 6.07 Å². The van der Waals surface area contributed by atoms with E-state index in [4.69, 9.17) is 4.74 Å². The van der Waals surface area contributed by atoms with Crippen LogP contribution in [0.5, 0.6) is 11.5 Å². The largest absolute Gasteiger partial charge is 0.456 e. The second kappa shape index (κ2) is 8.62. The quantitative estimate of drug-likeness (QED) is 0.187. The van der Waals surface area contributed by atoms with Crippen LogP contribution in [-0.2, 0) is 5.41 Å². The third-order valence-electron chi connectivity index (χ3n) is 10.7. The molecule has 46 heavy (non-hydrogen) atoms. The summed E-state index contributed by atoms with van der Waals surface area (Å²) in [5.74, 6) is 1.84. The molecule has 8 aromatic carbocycles. The van der Waals surface area contributed by atoms with Gasteiger partial charge in [-0.3, -0.25) is 0 Å². The van der Waals surface area contributed by atoms with Crippen molar-refractivity contribution >= 4 is 21.5 Å². The van der Waals surface area contributed by atoms with E-state index in [1.165, 1.54) is 82.7 Å². The van der Waals surface area contributed by atoms with Crippen LogP contribution in [-0.4, -0.2) is 0 Å². The molecule has 1 unspecified atom stereocenters. The second-order valence-corrected chi connectivity index (χ2v) is 12.8. The Morgan fingerprint density at radius 2 is 0.978 bits per heavy atom. The van der Waals surface area contributed by atoms with E-state index in [1.54, 1.807) is 0 Å². The third kappa shape index (κ3) is 2.91. The van der Waals surface area contributed by atoms with Gasteiger partial charge in [-0.1, -0.05) is 127 Å². The molecule has 0 amide bonds. The first-order valence-corrected chi connectivity index (χ1v) is 16.0. The minimum atomic E-state index is -0.363. The van der Waals surface area contributed by atoms with Gasteiger partial charge in [0.25, 0.3) is 0 Å². The minimum absolute atomic E-state index is 0.363. The number of hydrogen-bond acceptors (Lipinski definition) is 1. The molecule has 1 heterocycles. The summed E-state index contributed by atoms with van der Waals surface area (Å²) in [7, 11) is 0. The molecule has 0 radical (unpaired) electrons. The van der Waals surface area contributed by atoms with Gasteiger partial charge in [0.05, 0.1) is 5.41 Å². The van der Waals surface area contributed by atoms with Crippen LogP contribution in [0, 0.1) is 0 Å². The van der Waals surface area contributed by atoms with Crippen molar-refractivity contribution in [2.24, 2.45) is 0 Å². The molecule has 11 rings (SSSR count). The van der Waals surface area contributed by atoms with Crippen LogP contribution >= 0.6 is 0 Å². The van der Waals surface area contributed by atoms with Crippen molar-refractivity contribution in [2.75, 3.05) is 0 Å². The summed E-state index contributed by atoms with van der Waals surface area (Å²) in [4.78, 5) is 0. The highest BCUT2D eigenvalue weighted by Crippen LogP contribution is 2.63. The molecule has 212 valence electrons. The average molecular weight is 583 g/mol. The zero-order chi connectivity index (χ0) is 30.0. The Morgan fingerprint density at radius 3 is 1.78 bits per heavy atom. The first-order valence-electron chi connectivity index (χ1n) is 16.0. The van der Waals surface area contributed by atoms with Gasteiger partial charge in [-0.15, -0.1) is 0 Å². The lowest BCUT2D eigenvalue weighted by atomic mass is 9.70. The molecule has 1 spiro atoms. The van der Waals surface area contributed by atoms with Crippen LogP contribution in [0.4, 0.5) is 0 Å². The number of para-hydroxylation sites is 1. The first-order chi connectivity index (χ1) is 22.8. The summed E-state index contributed by atoms with van der Waals surface area (Å²) in [6.45, 7) is 0. The number of ether oxygens (including phenoxy) is 1. The average Bonchev–Trinajstić information content (AvgIpc) is 3.57. The molecule has 0 bridgehead atoms. The molecule has 2 aliphatic carbocycles. The molecular weight excluding hydrogens is 556 g/mol. The summed E-state index contributed by atoms with van der Waals surface area (Å²) in [6.07, 6.45) is 0. The molecule has 1 aliphatic heterocycles. The highest BCUT2D eigenvalue weighted by atomic mass is 16.5. The van der Waals surface area contributed by atoms with Gasteiger partial charge < -0.3 is 4.74 Å². The van der Waals surface area contributed by atoms with Crippen molar-refractivity contribution in [1.29, 1.82) is 0 Å². The van der Waals surface area contributed by atoms with Gasteiger partial charge in [-0.05, 0) is 108 Å². The summed E-state index contributed by atoms with van der Waals surface area (Å²) >= 11 is 0. The SMILES string of the molecule is c1ccc2c(c1)Oc1ccc(-c3ccc4c(c3)-c3ccccc3C43c4ccccc4-c4cc5ccccc5cc43)c3cccc-2c13. The molecule has 1 atom stereocenters. The monoisotopic (exact) mass is 582 g/mol. The molecule has 0 N–H and O–H groups in total. The Kier molecular flexibility index (Phi) is 4.57. The van der Waals surface area contributed by atoms with Crippen LogP contribution in [0.3, 0.4) is 0 Å². The van der Waals surface area contributed by atoms with E-state index in [0.29, 0.717) is 0 Å². The molecule has 0 saturated heterocycles. The summed E-state index contributed by atoms with van der Waals surface area (Å²) in [5, 5.41) is 4.96. The highest BCUT2D eigenvalue weighted by Gasteiger charge is 2.51. The lowest BCUT2D eigenvalue weighted by Crippen LogP contribution is -2.25. The predicted octanol–water partition coefficient (Wildman–Crippen LogP) is 11.8. The Balaban J connectivity index is 1.19. The maximum atomic E-state index is 6.42. The molecule has 8 aromatic rings. The fraction of sp³-hybridized carbons (Fsp3) is 0.0222. The van der Waals surface area contributed by atoms with Crippen molar-refractivity contribution < 1.29 is 4.74 Å². The molecule has 1 heteroatoms. The summed E-state index contributed by atoms with van der Waals surface area (Å²) in [6, 6.07) is 58.3. The van der Waals surface area contributed by atoms with Crippen LogP contribution < -0.4 is 4.74 Å². The van der Waals surface area contributed by atoms with Gasteiger partial charge in [0.2, 0.25) is 0 Å². The highest BCUT2D eigenvalue weighted by molar-refractivity contribution is 6.10. The van der Waals surface area contributed by atoms with Crippen LogP contribution in [0.1, 0.15) is 22.3 Å². The molecule has 0 aromatic heterocycles. The standard InChI is InChI=1S/C45H26O/c1-2-11-28-26-41-37(24-27(28)10-1)32-13-4-7-18-39(32)45(41)38-17-6-3-12-31(38)36-25-29(20-22-40(36)45)30-21-23-43-44-34(30)15-9-16-35(44)33-14-5-8-19-42(33)46-43/h1-26H. The van der Waals surface area contributed by atoms with Gasteiger partial charge in [0.15, 0.2) is 0 Å². The fourth-order valence-corrected chi connectivity index (χ4v) is 8.83. The van der Waals surface area contributed by atoms with Crippen molar-refractivity contribution in [2.45, 2.75) is 5.41 Å². The Labute approximate surface area is 267 Å². The molecule has 0 saturated carbocycles. The van der Waals surface area contributed by atoms with Crippen molar-refractivity contribution in [3.8, 4) is 56.0 Å². The van der Waals surface area contributed by atoms with Gasteiger partial charge in [0, 0.05) is 10.9 Å². The lowest BCUT2D eigenvalue weighted by molar-refractivity contribution is 0.487. The summed E-state index contributed by atoms with van der Waals surface area (Å²) < 4.78 is 6.42. The number of hydrogen-bond donors (Lipinski definition) is 0. The van der Waals surface area contributed by atoms with E-state index in [9.17, 15) is 0 Å². The Hall–Kier alpha value is -5.92. The van der Waals surface area contributed by atoms with Crippen molar-refractivity contribution in [3.63, 3.8) is 0 Å². The van der Waals surface area contributed by atoms with E-state index in [2.05, 4.69) is 152 Å². The van der Waals surface area contributed by atoms with Crippen LogP contribution in [0.15, 0.2) is 158 Å². The molecule has 0 fully saturated rings. The van der Waals surface area contributed by atoms with Crippen molar-refractivity contribution in [3.05, 3.63) is 180 Å². The van der Waals surface area contributed by atoms with E-state index < -0.39 is 0 Å². The van der Waals surface area contributed by atoms with E-state index in [0.717, 1.165) is 17.1 Å². The van der Waals surface area contributed by atoms with Crippen LogP contribution in [0.2, 0.25) is 0 Å². The maximum absolute atomic E-state index is 6.42. The smallest absolute Gasteiger partial charge is 0.135 e. The second-order valence-electron chi connectivity index (χ2n) is 12.8. The maximum Gasteiger partial charge on any atom is 0.135 e. The fourth-order valence-electron chi connectivity index (χ4n) is 8.83. The number of fused-ring (bicyclic) bond motifs is 13. The predicted molar refractivity (Wildman–Crippen MR) is 189 cm³/mol. The van der Waals surface area contributed by atoms with E-state index >= 15 is 0 Å². The minimum Gasteiger partial charge on any atom is -0.456 e. The van der Waals surface area contributed by atoms with Gasteiger partial charge in [0.1, 0.15) is 11.5 Å². The lowest BCUT2D eigenvalue weighted by Gasteiger charge is -2.30. The molecule has 3 aliphatic rings. The third-order valence-corrected chi connectivity index (χ3v) is 10.7. The van der Waals surface area contributed by atoms with Gasteiger partial charge >= 0.3 is 0 Å².